The third-order valence-electron chi connectivity index (χ3n) is 4.01. The summed E-state index contributed by atoms with van der Waals surface area (Å²) in [4.78, 5) is 0. The Morgan fingerprint density at radius 1 is 1.27 bits per heavy atom. The Kier molecular flexibility index (Phi) is 2.73. The molecule has 2 aliphatic carbocycles. The van der Waals surface area contributed by atoms with Crippen molar-refractivity contribution in [3.63, 3.8) is 0 Å². The van der Waals surface area contributed by atoms with E-state index in [4.69, 9.17) is 0 Å². The summed E-state index contributed by atoms with van der Waals surface area (Å²) in [5, 5.41) is 10.2. The highest BCUT2D eigenvalue weighted by atomic mass is 19.4. The predicted octanol–water partition coefficient (Wildman–Crippen LogP) is 3.27. The fraction of sp³-hybridized carbons (Fsp3) is 1.00. The van der Waals surface area contributed by atoms with Crippen LogP contribution in [-0.2, 0) is 0 Å². The van der Waals surface area contributed by atoms with Gasteiger partial charge in [0.05, 0.1) is 5.60 Å². The van der Waals surface area contributed by atoms with E-state index >= 15 is 0 Å². The molecule has 2 aliphatic rings. The van der Waals surface area contributed by atoms with Gasteiger partial charge in [-0.15, -0.1) is 0 Å². The molecule has 0 aliphatic heterocycles. The number of hydrogen-bond donors (Lipinski definition) is 1. The van der Waals surface area contributed by atoms with Crippen LogP contribution in [0.3, 0.4) is 0 Å². The maximum Gasteiger partial charge on any atom is 0.389 e. The van der Waals surface area contributed by atoms with Crippen LogP contribution in [0.1, 0.15) is 44.9 Å². The van der Waals surface area contributed by atoms with Crippen molar-refractivity contribution in [3.8, 4) is 0 Å². The van der Waals surface area contributed by atoms with Gasteiger partial charge in [0.15, 0.2) is 0 Å². The number of rotatable bonds is 3. The Labute approximate surface area is 87.7 Å². The molecule has 0 aromatic heterocycles. The fourth-order valence-corrected chi connectivity index (χ4v) is 3.32. The van der Waals surface area contributed by atoms with Crippen molar-refractivity contribution in [1.29, 1.82) is 0 Å². The van der Waals surface area contributed by atoms with Crippen LogP contribution in [0.2, 0.25) is 0 Å². The standard InChI is InChI=1S/C11H17F3O/c12-11(13,14)5-1-4-10(15)7-8-2-3-9(10)6-8/h8-9,15H,1-7H2. The van der Waals surface area contributed by atoms with Gasteiger partial charge in [0, 0.05) is 6.42 Å². The van der Waals surface area contributed by atoms with Gasteiger partial charge >= 0.3 is 6.18 Å². The van der Waals surface area contributed by atoms with Gasteiger partial charge in [0.25, 0.3) is 0 Å². The van der Waals surface area contributed by atoms with Crippen molar-refractivity contribution >= 4 is 0 Å². The summed E-state index contributed by atoms with van der Waals surface area (Å²) in [6.45, 7) is 0. The summed E-state index contributed by atoms with van der Waals surface area (Å²) >= 11 is 0. The topological polar surface area (TPSA) is 20.2 Å². The van der Waals surface area contributed by atoms with Crippen molar-refractivity contribution in [2.45, 2.75) is 56.7 Å². The van der Waals surface area contributed by atoms with Crippen LogP contribution in [0.15, 0.2) is 0 Å². The van der Waals surface area contributed by atoms with Crippen LogP contribution in [0.4, 0.5) is 13.2 Å². The van der Waals surface area contributed by atoms with Gasteiger partial charge in [-0.25, -0.2) is 0 Å². The number of fused-ring (bicyclic) bond motifs is 2. The molecule has 4 heteroatoms. The Bertz CT molecular complexity index is 238. The molecule has 0 aromatic rings. The zero-order chi connectivity index (χ0) is 11.1. The summed E-state index contributed by atoms with van der Waals surface area (Å²) in [7, 11) is 0. The van der Waals surface area contributed by atoms with E-state index < -0.39 is 18.2 Å². The smallest absolute Gasteiger partial charge is 0.389 e. The Hall–Kier alpha value is -0.250. The first-order valence-corrected chi connectivity index (χ1v) is 5.68. The molecule has 0 spiro atoms. The third kappa shape index (κ3) is 2.47. The molecule has 2 fully saturated rings. The lowest BCUT2D eigenvalue weighted by atomic mass is 9.80. The Morgan fingerprint density at radius 3 is 2.47 bits per heavy atom. The predicted molar refractivity (Wildman–Crippen MR) is 50.3 cm³/mol. The van der Waals surface area contributed by atoms with Crippen molar-refractivity contribution in [1.82, 2.24) is 0 Å². The second-order valence-electron chi connectivity index (χ2n) is 5.15. The Morgan fingerprint density at radius 2 is 2.00 bits per heavy atom. The maximum atomic E-state index is 12.0. The van der Waals surface area contributed by atoms with E-state index in [1.165, 1.54) is 0 Å². The van der Waals surface area contributed by atoms with Crippen molar-refractivity contribution < 1.29 is 18.3 Å². The molecule has 0 saturated heterocycles. The minimum absolute atomic E-state index is 0.0726. The number of alkyl halides is 3. The lowest BCUT2D eigenvalue weighted by molar-refractivity contribution is -0.139. The molecule has 2 bridgehead atoms. The van der Waals surface area contributed by atoms with E-state index in [1.54, 1.807) is 0 Å². The molecule has 3 unspecified atom stereocenters. The quantitative estimate of drug-likeness (QED) is 0.777. The van der Waals surface area contributed by atoms with E-state index in [-0.39, 0.29) is 12.3 Å². The molecular formula is C11H17F3O. The molecule has 88 valence electrons. The highest BCUT2D eigenvalue weighted by molar-refractivity contribution is 5.00. The molecule has 0 heterocycles. The number of hydrogen-bond acceptors (Lipinski definition) is 1. The van der Waals surface area contributed by atoms with Gasteiger partial charge in [0.1, 0.15) is 0 Å². The Balaban J connectivity index is 1.80. The fourth-order valence-electron chi connectivity index (χ4n) is 3.32. The molecule has 1 N–H and O–H groups in total. The molecule has 0 aromatic carbocycles. The van der Waals surface area contributed by atoms with E-state index in [1.807, 2.05) is 0 Å². The van der Waals surface area contributed by atoms with Crippen LogP contribution in [-0.4, -0.2) is 16.9 Å². The summed E-state index contributed by atoms with van der Waals surface area (Å²) in [5.41, 5.74) is -0.770. The molecule has 3 atom stereocenters. The summed E-state index contributed by atoms with van der Waals surface area (Å²) < 4.78 is 35.9. The second kappa shape index (κ2) is 3.65. The second-order valence-corrected chi connectivity index (χ2v) is 5.15. The van der Waals surface area contributed by atoms with Crippen molar-refractivity contribution in [2.24, 2.45) is 11.8 Å². The molecule has 1 nitrogen and oxygen atoms in total. The van der Waals surface area contributed by atoms with Crippen LogP contribution in [0.25, 0.3) is 0 Å². The average Bonchev–Trinajstić information content (AvgIpc) is 2.60. The van der Waals surface area contributed by atoms with Crippen molar-refractivity contribution in [3.05, 3.63) is 0 Å². The zero-order valence-electron chi connectivity index (χ0n) is 8.69. The molecule has 0 radical (unpaired) electrons. The highest BCUT2D eigenvalue weighted by Crippen LogP contribution is 2.52. The molecule has 2 rings (SSSR count). The average molecular weight is 222 g/mol. The lowest BCUT2D eigenvalue weighted by Gasteiger charge is -2.32. The maximum absolute atomic E-state index is 12.0. The lowest BCUT2D eigenvalue weighted by Crippen LogP contribution is -2.35. The van der Waals surface area contributed by atoms with Gasteiger partial charge < -0.3 is 5.11 Å². The molecule has 2 saturated carbocycles. The van der Waals surface area contributed by atoms with Gasteiger partial charge in [-0.05, 0) is 50.4 Å². The number of aliphatic hydroxyl groups is 1. The van der Waals surface area contributed by atoms with Gasteiger partial charge in [0.2, 0.25) is 0 Å². The first-order chi connectivity index (χ1) is 6.89. The molecule has 15 heavy (non-hydrogen) atoms. The summed E-state index contributed by atoms with van der Waals surface area (Å²) in [6, 6.07) is 0. The van der Waals surface area contributed by atoms with Crippen LogP contribution in [0, 0.1) is 11.8 Å². The first kappa shape index (κ1) is 11.2. The monoisotopic (exact) mass is 222 g/mol. The van der Waals surface area contributed by atoms with Crippen LogP contribution >= 0.6 is 0 Å². The normalized spacial score (nSPS) is 40.0. The molecule has 0 amide bonds. The van der Waals surface area contributed by atoms with Gasteiger partial charge in [-0.3, -0.25) is 0 Å². The van der Waals surface area contributed by atoms with E-state index in [0.717, 1.165) is 25.7 Å². The van der Waals surface area contributed by atoms with Crippen LogP contribution < -0.4 is 0 Å². The zero-order valence-corrected chi connectivity index (χ0v) is 8.69. The van der Waals surface area contributed by atoms with Crippen LogP contribution in [0.5, 0.6) is 0 Å². The van der Waals surface area contributed by atoms with E-state index in [9.17, 15) is 18.3 Å². The summed E-state index contributed by atoms with van der Waals surface area (Å²) in [5.74, 6) is 0.849. The first-order valence-electron chi connectivity index (χ1n) is 5.68. The summed E-state index contributed by atoms with van der Waals surface area (Å²) in [6.07, 6.45) is -0.505. The third-order valence-corrected chi connectivity index (χ3v) is 4.01. The minimum Gasteiger partial charge on any atom is -0.390 e. The molecular weight excluding hydrogens is 205 g/mol. The van der Waals surface area contributed by atoms with Crippen molar-refractivity contribution in [2.75, 3.05) is 0 Å². The number of halogens is 3. The van der Waals surface area contributed by atoms with Gasteiger partial charge in [-0.2, -0.15) is 13.2 Å². The van der Waals surface area contributed by atoms with Gasteiger partial charge in [-0.1, -0.05) is 0 Å². The van der Waals surface area contributed by atoms with E-state index in [2.05, 4.69) is 0 Å². The SMILES string of the molecule is OC1(CCCC(F)(F)F)CC2CCC1C2. The minimum atomic E-state index is -4.08. The van der Waals surface area contributed by atoms with E-state index in [0.29, 0.717) is 12.3 Å². The highest BCUT2D eigenvalue weighted by Gasteiger charge is 2.49. The largest absolute Gasteiger partial charge is 0.390 e.